The molecule has 5 N–H and O–H groups in total. The number of amides is 4. The summed E-state index contributed by atoms with van der Waals surface area (Å²) in [6.07, 6.45) is 2.16. The van der Waals surface area contributed by atoms with Crippen molar-refractivity contribution in [2.45, 2.75) is 31.4 Å². The van der Waals surface area contributed by atoms with Gasteiger partial charge in [0, 0.05) is 23.4 Å². The van der Waals surface area contributed by atoms with Crippen LogP contribution in [-0.4, -0.2) is 40.0 Å². The highest BCUT2D eigenvalue weighted by atomic mass is 16.3. The van der Waals surface area contributed by atoms with E-state index >= 15 is 0 Å². The Kier molecular flexibility index (Phi) is 3.91. The molecule has 0 radical (unpaired) electrons. The van der Waals surface area contributed by atoms with Crippen LogP contribution < -0.4 is 16.0 Å². The number of benzene rings is 1. The number of rotatable bonds is 4. The second kappa shape index (κ2) is 6.14. The molecule has 4 amide bonds. The van der Waals surface area contributed by atoms with E-state index in [-0.39, 0.29) is 24.3 Å². The predicted molar refractivity (Wildman–Crippen MR) is 93.3 cm³/mol. The van der Waals surface area contributed by atoms with Crippen LogP contribution in [0.3, 0.4) is 0 Å². The lowest BCUT2D eigenvalue weighted by atomic mass is 9.87. The first kappa shape index (κ1) is 16.6. The van der Waals surface area contributed by atoms with Gasteiger partial charge in [-0.25, -0.2) is 4.79 Å². The van der Waals surface area contributed by atoms with Gasteiger partial charge in [0.05, 0.1) is 6.61 Å². The molecule has 2 unspecified atom stereocenters. The lowest BCUT2D eigenvalue weighted by molar-refractivity contribution is -0.125. The summed E-state index contributed by atoms with van der Waals surface area (Å²) in [6, 6.07) is 6.71. The molecule has 26 heavy (non-hydrogen) atoms. The SMILES string of the molecule is O=C1NC(=O)C2(CCCC2CNC(=O)c2cc3c(CO)cccc3[nH]2)N1. The van der Waals surface area contributed by atoms with E-state index in [1.165, 1.54) is 0 Å². The largest absolute Gasteiger partial charge is 0.392 e. The number of aliphatic hydroxyl groups is 1. The average molecular weight is 356 g/mol. The van der Waals surface area contributed by atoms with Crippen molar-refractivity contribution in [1.82, 2.24) is 20.9 Å². The Morgan fingerprint density at radius 3 is 2.92 bits per heavy atom. The standard InChI is InChI=1S/C18H20N4O4/c23-9-10-3-1-5-13-12(10)7-14(20-13)15(24)19-8-11-4-2-6-18(11)16(25)21-17(26)22-18/h1,3,5,7,11,20,23H,2,4,6,8-9H2,(H,19,24)(H2,21,22,25,26). The number of hydrogen-bond donors (Lipinski definition) is 5. The highest BCUT2D eigenvalue weighted by Gasteiger charge is 2.54. The fraction of sp³-hybridized carbons (Fsp3) is 0.389. The summed E-state index contributed by atoms with van der Waals surface area (Å²) in [5.41, 5.74) is 1.02. The van der Waals surface area contributed by atoms with E-state index in [0.717, 1.165) is 29.3 Å². The zero-order valence-electron chi connectivity index (χ0n) is 14.1. The molecule has 2 aromatic rings. The van der Waals surface area contributed by atoms with Crippen molar-refractivity contribution in [3.8, 4) is 0 Å². The van der Waals surface area contributed by atoms with Crippen LogP contribution in [-0.2, 0) is 11.4 Å². The maximum atomic E-state index is 12.5. The summed E-state index contributed by atoms with van der Waals surface area (Å²) in [4.78, 5) is 39.3. The van der Waals surface area contributed by atoms with E-state index in [2.05, 4.69) is 20.9 Å². The molecule has 2 atom stereocenters. The summed E-state index contributed by atoms with van der Waals surface area (Å²) < 4.78 is 0. The molecule has 8 heteroatoms. The molecule has 1 aromatic carbocycles. The van der Waals surface area contributed by atoms with Gasteiger partial charge >= 0.3 is 6.03 Å². The van der Waals surface area contributed by atoms with Crippen molar-refractivity contribution in [2.75, 3.05) is 6.54 Å². The molecule has 8 nitrogen and oxygen atoms in total. The highest BCUT2D eigenvalue weighted by molar-refractivity contribution is 6.07. The van der Waals surface area contributed by atoms with Gasteiger partial charge in [-0.2, -0.15) is 0 Å². The topological polar surface area (TPSA) is 123 Å². The molecule has 1 aromatic heterocycles. The normalized spacial score (nSPS) is 24.9. The van der Waals surface area contributed by atoms with Gasteiger partial charge in [0.1, 0.15) is 11.2 Å². The van der Waals surface area contributed by atoms with E-state index in [1.807, 2.05) is 18.2 Å². The summed E-state index contributed by atoms with van der Waals surface area (Å²) in [5.74, 6) is -0.732. The van der Waals surface area contributed by atoms with Crippen LogP contribution in [0.1, 0.15) is 35.3 Å². The number of nitrogens with one attached hydrogen (secondary N) is 4. The van der Waals surface area contributed by atoms with Crippen LogP contribution in [0.25, 0.3) is 10.9 Å². The number of aromatic nitrogens is 1. The predicted octanol–water partition coefficient (Wildman–Crippen LogP) is 0.768. The molecule has 2 heterocycles. The quantitative estimate of drug-likeness (QED) is 0.519. The Labute approximate surface area is 149 Å². The lowest BCUT2D eigenvalue weighted by Crippen LogP contribution is -2.53. The molecule has 2 aliphatic rings. The molecule has 1 saturated heterocycles. The van der Waals surface area contributed by atoms with Crippen LogP contribution in [0, 0.1) is 5.92 Å². The maximum absolute atomic E-state index is 12.5. The molecular weight excluding hydrogens is 336 g/mol. The Morgan fingerprint density at radius 2 is 2.19 bits per heavy atom. The molecule has 136 valence electrons. The van der Waals surface area contributed by atoms with E-state index in [1.54, 1.807) is 6.07 Å². The molecule has 4 rings (SSSR count). The van der Waals surface area contributed by atoms with Gasteiger partial charge in [-0.3, -0.25) is 14.9 Å². The first-order chi connectivity index (χ1) is 12.5. The molecule has 2 fully saturated rings. The van der Waals surface area contributed by atoms with Gasteiger partial charge in [0.2, 0.25) is 0 Å². The maximum Gasteiger partial charge on any atom is 0.322 e. The third-order valence-electron chi connectivity index (χ3n) is 5.47. The minimum Gasteiger partial charge on any atom is -0.392 e. The smallest absolute Gasteiger partial charge is 0.322 e. The number of imide groups is 1. The molecule has 1 spiro atoms. The average Bonchev–Trinajstić information content (AvgIpc) is 3.30. The summed E-state index contributed by atoms with van der Waals surface area (Å²) in [5, 5.41) is 18.1. The van der Waals surface area contributed by atoms with Gasteiger partial charge in [0.15, 0.2) is 0 Å². The highest BCUT2D eigenvalue weighted by Crippen LogP contribution is 2.37. The zero-order valence-corrected chi connectivity index (χ0v) is 14.1. The van der Waals surface area contributed by atoms with Crippen molar-refractivity contribution in [2.24, 2.45) is 5.92 Å². The van der Waals surface area contributed by atoms with Gasteiger partial charge in [-0.1, -0.05) is 18.6 Å². The minimum atomic E-state index is -0.908. The Hall–Kier alpha value is -2.87. The first-order valence-electron chi connectivity index (χ1n) is 8.67. The van der Waals surface area contributed by atoms with Crippen LogP contribution in [0.15, 0.2) is 24.3 Å². The van der Waals surface area contributed by atoms with Crippen molar-refractivity contribution in [3.63, 3.8) is 0 Å². The number of aliphatic hydroxyl groups excluding tert-OH is 1. The molecule has 0 bridgehead atoms. The zero-order chi connectivity index (χ0) is 18.3. The van der Waals surface area contributed by atoms with E-state index in [4.69, 9.17) is 0 Å². The van der Waals surface area contributed by atoms with Crippen LogP contribution in [0.4, 0.5) is 4.79 Å². The second-order valence-electron chi connectivity index (χ2n) is 6.90. The van der Waals surface area contributed by atoms with Gasteiger partial charge in [-0.05, 0) is 30.5 Å². The minimum absolute atomic E-state index is 0.102. The van der Waals surface area contributed by atoms with Crippen LogP contribution >= 0.6 is 0 Å². The molecule has 1 saturated carbocycles. The van der Waals surface area contributed by atoms with Gasteiger partial charge in [-0.15, -0.1) is 0 Å². The van der Waals surface area contributed by atoms with E-state index < -0.39 is 11.6 Å². The van der Waals surface area contributed by atoms with E-state index in [0.29, 0.717) is 18.7 Å². The number of H-pyrrole nitrogens is 1. The van der Waals surface area contributed by atoms with Crippen molar-refractivity contribution in [1.29, 1.82) is 0 Å². The van der Waals surface area contributed by atoms with Crippen LogP contribution in [0.5, 0.6) is 0 Å². The number of fused-ring (bicyclic) bond motifs is 1. The van der Waals surface area contributed by atoms with Crippen molar-refractivity contribution < 1.29 is 19.5 Å². The Bertz CT molecular complexity index is 906. The summed E-state index contributed by atoms with van der Waals surface area (Å²) in [7, 11) is 0. The monoisotopic (exact) mass is 356 g/mol. The summed E-state index contributed by atoms with van der Waals surface area (Å²) >= 11 is 0. The first-order valence-corrected chi connectivity index (χ1v) is 8.67. The molecule has 1 aliphatic heterocycles. The Morgan fingerprint density at radius 1 is 1.35 bits per heavy atom. The third-order valence-corrected chi connectivity index (χ3v) is 5.47. The third kappa shape index (κ3) is 2.53. The number of carbonyl (C=O) groups excluding carboxylic acids is 3. The van der Waals surface area contributed by atoms with Crippen molar-refractivity contribution >= 4 is 28.7 Å². The van der Waals surface area contributed by atoms with Gasteiger partial charge < -0.3 is 20.7 Å². The second-order valence-corrected chi connectivity index (χ2v) is 6.90. The number of aromatic amines is 1. The lowest BCUT2D eigenvalue weighted by Gasteiger charge is -2.28. The molecular formula is C18H20N4O4. The number of urea groups is 1. The fourth-order valence-corrected chi connectivity index (χ4v) is 4.11. The van der Waals surface area contributed by atoms with Crippen molar-refractivity contribution in [3.05, 3.63) is 35.5 Å². The van der Waals surface area contributed by atoms with Crippen LogP contribution in [0.2, 0.25) is 0 Å². The number of hydrogen-bond acceptors (Lipinski definition) is 4. The summed E-state index contributed by atoms with van der Waals surface area (Å²) in [6.45, 7) is 0.199. The van der Waals surface area contributed by atoms with E-state index in [9.17, 15) is 19.5 Å². The molecule has 1 aliphatic carbocycles. The number of carbonyl (C=O) groups is 3. The fourth-order valence-electron chi connectivity index (χ4n) is 4.11. The van der Waals surface area contributed by atoms with Gasteiger partial charge in [0.25, 0.3) is 11.8 Å². The Balaban J connectivity index is 1.49.